The maximum Gasteiger partial charge on any atom is 0.317 e. The normalized spacial score (nSPS) is 13.8. The van der Waals surface area contributed by atoms with E-state index >= 15 is 0 Å². The third-order valence-corrected chi connectivity index (χ3v) is 5.95. The first kappa shape index (κ1) is 21.9. The Hall–Kier alpha value is -3.32. The molecule has 0 saturated carbocycles. The fourth-order valence-electron chi connectivity index (χ4n) is 3.79. The first-order valence-corrected chi connectivity index (χ1v) is 11.0. The number of piperazine rings is 1. The molecule has 1 aromatic heterocycles. The second kappa shape index (κ2) is 10.3. The lowest BCUT2D eigenvalue weighted by atomic mass is 10.1. The Labute approximate surface area is 192 Å². The fraction of sp³-hybridized carbons (Fsp3) is 0.292. The summed E-state index contributed by atoms with van der Waals surface area (Å²) in [5.41, 5.74) is 3.03. The van der Waals surface area contributed by atoms with Crippen molar-refractivity contribution in [3.8, 4) is 0 Å². The number of nitrogens with zero attached hydrogens (tertiary/aromatic N) is 4. The number of amides is 3. The molecule has 32 heavy (non-hydrogen) atoms. The van der Waals surface area contributed by atoms with E-state index in [0.29, 0.717) is 37.7 Å². The Morgan fingerprint density at radius 3 is 2.47 bits per heavy atom. The zero-order chi connectivity index (χ0) is 22.3. The van der Waals surface area contributed by atoms with Crippen molar-refractivity contribution in [2.75, 3.05) is 26.2 Å². The predicted molar refractivity (Wildman–Crippen MR) is 123 cm³/mol. The third kappa shape index (κ3) is 5.68. The molecule has 3 amide bonds. The smallest absolute Gasteiger partial charge is 0.317 e. The number of nitrogens with one attached hydrogen (secondary N) is 1. The van der Waals surface area contributed by atoms with E-state index in [9.17, 15) is 9.59 Å². The molecule has 0 spiro atoms. The molecule has 2 aromatic carbocycles. The summed E-state index contributed by atoms with van der Waals surface area (Å²) in [6.07, 6.45) is 5.75. The van der Waals surface area contributed by atoms with Crippen molar-refractivity contribution in [3.05, 3.63) is 89.0 Å². The van der Waals surface area contributed by atoms with Crippen LogP contribution in [0.25, 0.3) is 0 Å². The minimum absolute atomic E-state index is 0.0351. The van der Waals surface area contributed by atoms with Crippen molar-refractivity contribution in [1.29, 1.82) is 0 Å². The number of hydrogen-bond acceptors (Lipinski definition) is 3. The van der Waals surface area contributed by atoms with Gasteiger partial charge in [0.1, 0.15) is 0 Å². The number of hydrogen-bond donors (Lipinski definition) is 1. The molecule has 2 heterocycles. The Balaban J connectivity index is 1.23. The first-order chi connectivity index (χ1) is 15.6. The summed E-state index contributed by atoms with van der Waals surface area (Å²) in [5, 5.41) is 3.60. The molecule has 1 aliphatic rings. The van der Waals surface area contributed by atoms with Gasteiger partial charge in [0.15, 0.2) is 0 Å². The van der Waals surface area contributed by atoms with Gasteiger partial charge in [-0.1, -0.05) is 54.1 Å². The Kier molecular flexibility index (Phi) is 7.07. The van der Waals surface area contributed by atoms with E-state index in [2.05, 4.69) is 22.4 Å². The van der Waals surface area contributed by atoms with E-state index in [1.54, 1.807) is 28.4 Å². The second-order valence-electron chi connectivity index (χ2n) is 7.85. The molecule has 0 bridgehead atoms. The number of benzene rings is 2. The van der Waals surface area contributed by atoms with E-state index < -0.39 is 0 Å². The van der Waals surface area contributed by atoms with E-state index in [4.69, 9.17) is 11.6 Å². The summed E-state index contributed by atoms with van der Waals surface area (Å²) in [4.78, 5) is 32.8. The summed E-state index contributed by atoms with van der Waals surface area (Å²) in [5.74, 6) is 0.0351. The number of halogens is 1. The quantitative estimate of drug-likeness (QED) is 0.625. The zero-order valence-electron chi connectivity index (χ0n) is 17.8. The molecule has 4 rings (SSSR count). The monoisotopic (exact) mass is 451 g/mol. The first-order valence-electron chi connectivity index (χ1n) is 10.7. The highest BCUT2D eigenvalue weighted by Gasteiger charge is 2.24. The summed E-state index contributed by atoms with van der Waals surface area (Å²) in [7, 11) is 0. The molecule has 166 valence electrons. The molecular weight excluding hydrogens is 426 g/mol. The molecule has 3 aromatic rings. The minimum Gasteiger partial charge on any atom is -0.339 e. The van der Waals surface area contributed by atoms with Crippen LogP contribution in [0.5, 0.6) is 0 Å². The minimum atomic E-state index is -0.108. The summed E-state index contributed by atoms with van der Waals surface area (Å²) < 4.78 is 2.00. The molecule has 8 heteroatoms. The van der Waals surface area contributed by atoms with Gasteiger partial charge in [0.25, 0.3) is 0 Å². The van der Waals surface area contributed by atoms with Crippen LogP contribution in [0, 0.1) is 0 Å². The predicted octanol–water partition coefficient (Wildman–Crippen LogP) is 3.18. The number of rotatable bonds is 6. The maximum absolute atomic E-state index is 12.6. The summed E-state index contributed by atoms with van der Waals surface area (Å²) >= 11 is 6.17. The van der Waals surface area contributed by atoms with Gasteiger partial charge in [-0.15, -0.1) is 0 Å². The van der Waals surface area contributed by atoms with Gasteiger partial charge in [0.05, 0.1) is 12.7 Å². The summed E-state index contributed by atoms with van der Waals surface area (Å²) in [6, 6.07) is 15.4. The van der Waals surface area contributed by atoms with Crippen molar-refractivity contribution in [3.63, 3.8) is 0 Å². The van der Waals surface area contributed by atoms with Gasteiger partial charge in [-0.2, -0.15) is 0 Å². The largest absolute Gasteiger partial charge is 0.339 e. The van der Waals surface area contributed by atoms with Crippen LogP contribution >= 0.6 is 11.6 Å². The molecule has 1 N–H and O–H groups in total. The highest BCUT2D eigenvalue weighted by molar-refractivity contribution is 6.31. The molecule has 0 aliphatic carbocycles. The van der Waals surface area contributed by atoms with Crippen molar-refractivity contribution in [2.24, 2.45) is 0 Å². The highest BCUT2D eigenvalue weighted by Crippen LogP contribution is 2.17. The Bertz CT molecular complexity index is 1060. The highest BCUT2D eigenvalue weighted by atomic mass is 35.5. The average molecular weight is 452 g/mol. The van der Waals surface area contributed by atoms with Gasteiger partial charge in [0, 0.05) is 56.7 Å². The third-order valence-electron chi connectivity index (χ3n) is 5.58. The molecule has 0 atom stereocenters. The van der Waals surface area contributed by atoms with Gasteiger partial charge >= 0.3 is 6.03 Å². The lowest BCUT2D eigenvalue weighted by molar-refractivity contribution is -0.131. The van der Waals surface area contributed by atoms with Crippen LogP contribution in [-0.2, 0) is 24.3 Å². The van der Waals surface area contributed by atoms with Crippen LogP contribution in [0.2, 0.25) is 5.02 Å². The lowest BCUT2D eigenvalue weighted by Crippen LogP contribution is -2.53. The van der Waals surface area contributed by atoms with Crippen LogP contribution < -0.4 is 5.32 Å². The molecular formula is C24H26ClN5O2. The van der Waals surface area contributed by atoms with Gasteiger partial charge in [-0.3, -0.25) is 4.79 Å². The Morgan fingerprint density at radius 1 is 0.969 bits per heavy atom. The molecule has 1 fully saturated rings. The van der Waals surface area contributed by atoms with E-state index in [-0.39, 0.29) is 18.4 Å². The van der Waals surface area contributed by atoms with Gasteiger partial charge < -0.3 is 19.7 Å². The van der Waals surface area contributed by atoms with Crippen molar-refractivity contribution >= 4 is 23.5 Å². The van der Waals surface area contributed by atoms with Crippen LogP contribution in [0.3, 0.4) is 0 Å². The average Bonchev–Trinajstić information content (AvgIpc) is 3.32. The van der Waals surface area contributed by atoms with Crippen molar-refractivity contribution < 1.29 is 9.59 Å². The molecule has 0 unspecified atom stereocenters. The van der Waals surface area contributed by atoms with E-state index in [0.717, 1.165) is 23.2 Å². The molecule has 1 aliphatic heterocycles. The molecule has 0 radical (unpaired) electrons. The summed E-state index contributed by atoms with van der Waals surface area (Å²) in [6.45, 7) is 3.28. The van der Waals surface area contributed by atoms with Crippen LogP contribution in [0.4, 0.5) is 4.79 Å². The lowest BCUT2D eigenvalue weighted by Gasteiger charge is -2.34. The van der Waals surface area contributed by atoms with Gasteiger partial charge in [-0.05, 0) is 22.8 Å². The number of imidazole rings is 1. The van der Waals surface area contributed by atoms with Gasteiger partial charge in [0.2, 0.25) is 5.91 Å². The van der Waals surface area contributed by atoms with Crippen LogP contribution in [0.1, 0.15) is 16.7 Å². The number of carbonyl (C=O) groups is 2. The molecule has 1 saturated heterocycles. The van der Waals surface area contributed by atoms with E-state index in [1.165, 1.54) is 0 Å². The van der Waals surface area contributed by atoms with Gasteiger partial charge in [-0.25, -0.2) is 9.78 Å². The number of aromatic nitrogens is 2. The van der Waals surface area contributed by atoms with Crippen LogP contribution in [-0.4, -0.2) is 57.5 Å². The SMILES string of the molecule is O=C(Cc1ccccc1Cl)N1CCN(C(=O)NCc2cccc(Cn3ccnc3)c2)CC1. The number of urea groups is 1. The second-order valence-corrected chi connectivity index (χ2v) is 8.26. The Morgan fingerprint density at radius 2 is 1.72 bits per heavy atom. The standard InChI is InChI=1S/C24H26ClN5O2/c25-22-7-2-1-6-21(22)15-23(31)29-10-12-30(13-11-29)24(32)27-16-19-4-3-5-20(14-19)17-28-9-8-26-18-28/h1-9,14,18H,10-13,15-17H2,(H,27,32). The molecule has 7 nitrogen and oxygen atoms in total. The fourth-order valence-corrected chi connectivity index (χ4v) is 4.00. The maximum atomic E-state index is 12.6. The topological polar surface area (TPSA) is 70.5 Å². The van der Waals surface area contributed by atoms with Crippen molar-refractivity contribution in [2.45, 2.75) is 19.5 Å². The number of carbonyl (C=O) groups excluding carboxylic acids is 2. The van der Waals surface area contributed by atoms with Crippen molar-refractivity contribution in [1.82, 2.24) is 24.7 Å². The zero-order valence-corrected chi connectivity index (χ0v) is 18.5. The van der Waals surface area contributed by atoms with Crippen LogP contribution in [0.15, 0.2) is 67.3 Å². The van der Waals surface area contributed by atoms with E-state index in [1.807, 2.05) is 41.1 Å².